The van der Waals surface area contributed by atoms with Crippen LogP contribution >= 0.6 is 0 Å². The smallest absolute Gasteiger partial charge is 0.318 e. The van der Waals surface area contributed by atoms with Gasteiger partial charge in [0.15, 0.2) is 0 Å². The summed E-state index contributed by atoms with van der Waals surface area (Å²) in [7, 11) is 0. The van der Waals surface area contributed by atoms with Gasteiger partial charge >= 0.3 is 12.0 Å². The number of amides is 3. The van der Waals surface area contributed by atoms with E-state index in [1.807, 2.05) is 4.90 Å². The molecular formula is C12H21N3O4. The predicted octanol–water partition coefficient (Wildman–Crippen LogP) is -0.155. The Morgan fingerprint density at radius 2 is 1.95 bits per heavy atom. The van der Waals surface area contributed by atoms with Gasteiger partial charge in [0.05, 0.1) is 18.6 Å². The Bertz CT molecular complexity index is 351. The highest BCUT2D eigenvalue weighted by Gasteiger charge is 2.30. The van der Waals surface area contributed by atoms with Crippen LogP contribution in [0.1, 0.15) is 26.7 Å². The van der Waals surface area contributed by atoms with Gasteiger partial charge in [0.1, 0.15) is 0 Å². The number of hydrogen-bond donors (Lipinski definition) is 2. The van der Waals surface area contributed by atoms with Crippen LogP contribution in [-0.2, 0) is 14.3 Å². The molecule has 1 heterocycles. The first-order valence-corrected chi connectivity index (χ1v) is 6.46. The van der Waals surface area contributed by atoms with E-state index in [9.17, 15) is 14.4 Å². The van der Waals surface area contributed by atoms with Crippen LogP contribution < -0.4 is 11.1 Å². The zero-order valence-corrected chi connectivity index (χ0v) is 11.3. The summed E-state index contributed by atoms with van der Waals surface area (Å²) < 4.78 is 4.98. The summed E-state index contributed by atoms with van der Waals surface area (Å²) in [6.07, 6.45) is 1.32. The number of piperidine rings is 1. The minimum atomic E-state index is -0.849. The Hall–Kier alpha value is -1.63. The van der Waals surface area contributed by atoms with Crippen LogP contribution in [0.5, 0.6) is 0 Å². The second-order valence-electron chi connectivity index (χ2n) is 4.59. The maximum absolute atomic E-state index is 11.6. The molecule has 1 rings (SSSR count). The molecule has 108 valence electrons. The third-order valence-corrected chi connectivity index (χ3v) is 3.32. The van der Waals surface area contributed by atoms with Gasteiger partial charge in [0, 0.05) is 0 Å². The molecule has 1 atom stereocenters. The van der Waals surface area contributed by atoms with Crippen molar-refractivity contribution in [1.29, 1.82) is 0 Å². The van der Waals surface area contributed by atoms with Crippen LogP contribution in [0.4, 0.5) is 4.79 Å². The molecule has 0 bridgehead atoms. The summed E-state index contributed by atoms with van der Waals surface area (Å²) in [4.78, 5) is 35.7. The first kappa shape index (κ1) is 15.4. The number of nitrogens with zero attached hydrogens (tertiary/aromatic N) is 1. The van der Waals surface area contributed by atoms with Crippen molar-refractivity contribution in [3.63, 3.8) is 0 Å². The lowest BCUT2D eigenvalue weighted by atomic mass is 9.96. The lowest BCUT2D eigenvalue weighted by molar-refractivity contribution is -0.149. The SMILES string of the molecule is CCOC(=O)C1CCN([C@H](C)C(=O)NC(N)=O)CC1. The normalized spacial score (nSPS) is 18.6. The minimum absolute atomic E-state index is 0.0948. The number of rotatable bonds is 4. The Labute approximate surface area is 112 Å². The van der Waals surface area contributed by atoms with Gasteiger partial charge in [-0.15, -0.1) is 0 Å². The Balaban J connectivity index is 2.42. The van der Waals surface area contributed by atoms with E-state index in [0.717, 1.165) is 0 Å². The van der Waals surface area contributed by atoms with Gasteiger partial charge < -0.3 is 10.5 Å². The summed E-state index contributed by atoms with van der Waals surface area (Å²) >= 11 is 0. The van der Waals surface area contributed by atoms with E-state index in [4.69, 9.17) is 10.5 Å². The van der Waals surface area contributed by atoms with Crippen molar-refractivity contribution in [2.45, 2.75) is 32.7 Å². The maximum Gasteiger partial charge on any atom is 0.318 e. The van der Waals surface area contributed by atoms with Crippen LogP contribution in [0, 0.1) is 5.92 Å². The Kier molecular flexibility index (Phi) is 5.75. The van der Waals surface area contributed by atoms with Crippen molar-refractivity contribution in [3.8, 4) is 0 Å². The lowest BCUT2D eigenvalue weighted by Crippen LogP contribution is -2.51. The standard InChI is InChI=1S/C12H21N3O4/c1-3-19-11(17)9-4-6-15(7-5-9)8(2)10(16)14-12(13)18/h8-9H,3-7H2,1-2H3,(H3,13,14,16,18)/t8-/m1/s1. The van der Waals surface area contributed by atoms with Gasteiger partial charge in [0.2, 0.25) is 5.91 Å². The van der Waals surface area contributed by atoms with Crippen molar-refractivity contribution in [1.82, 2.24) is 10.2 Å². The topological polar surface area (TPSA) is 102 Å². The molecule has 19 heavy (non-hydrogen) atoms. The summed E-state index contributed by atoms with van der Waals surface area (Å²) in [6.45, 7) is 5.12. The molecule has 1 saturated heterocycles. The second-order valence-corrected chi connectivity index (χ2v) is 4.59. The number of nitrogens with two attached hydrogens (primary N) is 1. The van der Waals surface area contributed by atoms with Crippen molar-refractivity contribution >= 4 is 17.9 Å². The average Bonchev–Trinajstić information content (AvgIpc) is 2.37. The van der Waals surface area contributed by atoms with E-state index in [1.54, 1.807) is 13.8 Å². The third-order valence-electron chi connectivity index (χ3n) is 3.32. The lowest BCUT2D eigenvalue weighted by Gasteiger charge is -2.34. The van der Waals surface area contributed by atoms with E-state index < -0.39 is 18.0 Å². The molecule has 0 aliphatic carbocycles. The summed E-state index contributed by atoms with van der Waals surface area (Å²) in [5.74, 6) is -0.680. The first-order chi connectivity index (χ1) is 8.95. The first-order valence-electron chi connectivity index (χ1n) is 6.46. The number of primary amides is 1. The number of imide groups is 1. The molecule has 0 radical (unpaired) electrons. The highest BCUT2D eigenvalue weighted by atomic mass is 16.5. The largest absolute Gasteiger partial charge is 0.466 e. The van der Waals surface area contributed by atoms with E-state index in [1.165, 1.54) is 0 Å². The average molecular weight is 271 g/mol. The van der Waals surface area contributed by atoms with Crippen molar-refractivity contribution in [2.24, 2.45) is 11.7 Å². The molecule has 0 unspecified atom stereocenters. The molecule has 7 heteroatoms. The van der Waals surface area contributed by atoms with Crippen molar-refractivity contribution in [3.05, 3.63) is 0 Å². The van der Waals surface area contributed by atoms with Gasteiger partial charge in [-0.25, -0.2) is 4.79 Å². The minimum Gasteiger partial charge on any atom is -0.466 e. The number of hydrogen-bond acceptors (Lipinski definition) is 5. The fraction of sp³-hybridized carbons (Fsp3) is 0.750. The van der Waals surface area contributed by atoms with Crippen molar-refractivity contribution < 1.29 is 19.1 Å². The fourth-order valence-corrected chi connectivity index (χ4v) is 2.17. The summed E-state index contributed by atoms with van der Waals surface area (Å²) in [6, 6.07) is -1.28. The molecule has 0 aromatic carbocycles. The monoisotopic (exact) mass is 271 g/mol. The maximum atomic E-state index is 11.6. The van der Waals surface area contributed by atoms with E-state index in [0.29, 0.717) is 32.5 Å². The van der Waals surface area contributed by atoms with Crippen LogP contribution in [0.2, 0.25) is 0 Å². The number of urea groups is 1. The molecule has 0 spiro atoms. The number of carbonyl (C=O) groups is 3. The van der Waals surface area contributed by atoms with Crippen LogP contribution in [-0.4, -0.2) is 48.5 Å². The Morgan fingerprint density at radius 1 is 1.37 bits per heavy atom. The van der Waals surface area contributed by atoms with E-state index in [2.05, 4.69) is 5.32 Å². The van der Waals surface area contributed by atoms with Gasteiger partial charge in [0.25, 0.3) is 0 Å². The zero-order chi connectivity index (χ0) is 14.4. The summed E-state index contributed by atoms with van der Waals surface area (Å²) in [5, 5.41) is 2.06. The zero-order valence-electron chi connectivity index (χ0n) is 11.3. The fourth-order valence-electron chi connectivity index (χ4n) is 2.17. The molecule has 7 nitrogen and oxygen atoms in total. The number of likely N-dealkylation sites (tertiary alicyclic amines) is 1. The molecule has 0 saturated carbocycles. The highest BCUT2D eigenvalue weighted by Crippen LogP contribution is 2.20. The number of esters is 1. The summed E-state index contributed by atoms with van der Waals surface area (Å²) in [5.41, 5.74) is 4.91. The molecule has 3 N–H and O–H groups in total. The number of carbonyl (C=O) groups excluding carboxylic acids is 3. The molecular weight excluding hydrogens is 250 g/mol. The van der Waals surface area contributed by atoms with Crippen LogP contribution in [0.25, 0.3) is 0 Å². The Morgan fingerprint density at radius 3 is 2.42 bits per heavy atom. The molecule has 3 amide bonds. The molecule has 1 aliphatic rings. The van der Waals surface area contributed by atoms with Gasteiger partial charge in [-0.3, -0.25) is 19.8 Å². The van der Waals surface area contributed by atoms with E-state index in [-0.39, 0.29) is 11.9 Å². The second kappa shape index (κ2) is 7.08. The van der Waals surface area contributed by atoms with Crippen LogP contribution in [0.3, 0.4) is 0 Å². The van der Waals surface area contributed by atoms with Gasteiger partial charge in [-0.05, 0) is 39.8 Å². The van der Waals surface area contributed by atoms with E-state index >= 15 is 0 Å². The molecule has 1 fully saturated rings. The van der Waals surface area contributed by atoms with Crippen LogP contribution in [0.15, 0.2) is 0 Å². The third kappa shape index (κ3) is 4.51. The number of nitrogens with one attached hydrogen (secondary N) is 1. The highest BCUT2D eigenvalue weighted by molar-refractivity contribution is 5.96. The van der Waals surface area contributed by atoms with Gasteiger partial charge in [-0.2, -0.15) is 0 Å². The van der Waals surface area contributed by atoms with Gasteiger partial charge in [-0.1, -0.05) is 0 Å². The molecule has 1 aliphatic heterocycles. The quantitative estimate of drug-likeness (QED) is 0.692. The number of ether oxygens (including phenoxy) is 1. The predicted molar refractivity (Wildman–Crippen MR) is 68.1 cm³/mol. The molecule has 0 aromatic rings. The van der Waals surface area contributed by atoms with Crippen molar-refractivity contribution in [2.75, 3.05) is 19.7 Å². The molecule has 0 aromatic heterocycles.